The standard InChI is InChI=1S/C24H25FN8S/c1-15-10-16(14-34-15)20-12-27-24-19(11-22(30-33(20)24)32-8-6-31(2)7-9-32)26-13-21-28-18-5-3-4-17(25)23(18)29-21/h3-5,10-12,14,26H,6-9,13H2,1-2H3,(H,28,29). The summed E-state index contributed by atoms with van der Waals surface area (Å²) in [5, 5.41) is 10.6. The van der Waals surface area contributed by atoms with Crippen molar-refractivity contribution in [1.29, 1.82) is 0 Å². The van der Waals surface area contributed by atoms with Gasteiger partial charge in [0.25, 0.3) is 0 Å². The Morgan fingerprint density at radius 1 is 1.18 bits per heavy atom. The number of nitrogens with zero attached hydrogens (tertiary/aromatic N) is 6. The summed E-state index contributed by atoms with van der Waals surface area (Å²) < 4.78 is 16.0. The van der Waals surface area contributed by atoms with Crippen LogP contribution in [0, 0.1) is 12.7 Å². The van der Waals surface area contributed by atoms with Crippen molar-refractivity contribution in [3.8, 4) is 11.3 Å². The number of hydrogen-bond acceptors (Lipinski definition) is 7. The van der Waals surface area contributed by atoms with Gasteiger partial charge in [-0.2, -0.15) is 0 Å². The minimum Gasteiger partial charge on any atom is -0.375 e. The first-order valence-corrected chi connectivity index (χ1v) is 12.2. The van der Waals surface area contributed by atoms with Gasteiger partial charge >= 0.3 is 0 Å². The second-order valence-corrected chi connectivity index (χ2v) is 9.82. The summed E-state index contributed by atoms with van der Waals surface area (Å²) in [4.78, 5) is 18.2. The molecular formula is C24H25FN8S. The molecule has 0 aliphatic carbocycles. The van der Waals surface area contributed by atoms with Crippen molar-refractivity contribution < 1.29 is 4.39 Å². The zero-order chi connectivity index (χ0) is 23.2. The largest absolute Gasteiger partial charge is 0.375 e. The zero-order valence-corrected chi connectivity index (χ0v) is 19.9. The van der Waals surface area contributed by atoms with E-state index in [0.29, 0.717) is 23.4 Å². The number of piperazine rings is 1. The van der Waals surface area contributed by atoms with Crippen LogP contribution in [0.1, 0.15) is 10.7 Å². The number of imidazole rings is 2. The van der Waals surface area contributed by atoms with Gasteiger partial charge in [0.15, 0.2) is 17.3 Å². The molecule has 0 saturated carbocycles. The van der Waals surface area contributed by atoms with Crippen LogP contribution in [-0.4, -0.2) is 62.7 Å². The van der Waals surface area contributed by atoms with Crippen LogP contribution < -0.4 is 10.2 Å². The predicted molar refractivity (Wildman–Crippen MR) is 134 cm³/mol. The molecule has 0 radical (unpaired) electrons. The first kappa shape index (κ1) is 21.1. The van der Waals surface area contributed by atoms with Crippen LogP contribution in [-0.2, 0) is 6.54 Å². The van der Waals surface area contributed by atoms with E-state index < -0.39 is 0 Å². The maximum absolute atomic E-state index is 14.1. The molecule has 6 rings (SSSR count). The third kappa shape index (κ3) is 3.78. The van der Waals surface area contributed by atoms with Crippen molar-refractivity contribution in [2.45, 2.75) is 13.5 Å². The van der Waals surface area contributed by atoms with E-state index in [4.69, 9.17) is 10.1 Å². The van der Waals surface area contributed by atoms with Crippen molar-refractivity contribution in [3.63, 3.8) is 0 Å². The summed E-state index contributed by atoms with van der Waals surface area (Å²) in [5.41, 5.74) is 4.72. The summed E-state index contributed by atoms with van der Waals surface area (Å²) in [7, 11) is 2.14. The minimum atomic E-state index is -0.326. The van der Waals surface area contributed by atoms with Crippen molar-refractivity contribution in [2.75, 3.05) is 43.4 Å². The minimum absolute atomic E-state index is 0.326. The highest BCUT2D eigenvalue weighted by molar-refractivity contribution is 7.10. The van der Waals surface area contributed by atoms with Gasteiger partial charge < -0.3 is 20.1 Å². The number of anilines is 2. The van der Waals surface area contributed by atoms with Crippen LogP contribution in [0.15, 0.2) is 41.9 Å². The van der Waals surface area contributed by atoms with Gasteiger partial charge in [-0.15, -0.1) is 16.4 Å². The Balaban J connectivity index is 1.38. The van der Waals surface area contributed by atoms with E-state index in [1.165, 1.54) is 10.9 Å². The lowest BCUT2D eigenvalue weighted by atomic mass is 10.2. The number of thiophene rings is 1. The second-order valence-electron chi connectivity index (χ2n) is 8.70. The summed E-state index contributed by atoms with van der Waals surface area (Å²) in [5.74, 6) is 1.24. The highest BCUT2D eigenvalue weighted by atomic mass is 32.1. The monoisotopic (exact) mass is 476 g/mol. The summed E-state index contributed by atoms with van der Waals surface area (Å²) in [6.07, 6.45) is 1.87. The average Bonchev–Trinajstić information content (AvgIpc) is 3.56. The summed E-state index contributed by atoms with van der Waals surface area (Å²) in [6.45, 7) is 6.33. The predicted octanol–water partition coefficient (Wildman–Crippen LogP) is 4.15. The fourth-order valence-corrected chi connectivity index (χ4v) is 5.06. The molecule has 5 heterocycles. The number of fused-ring (bicyclic) bond motifs is 2. The molecule has 1 aromatic carbocycles. The number of aromatic amines is 1. The Labute approximate surface area is 200 Å². The molecule has 1 aliphatic heterocycles. The Morgan fingerprint density at radius 3 is 2.79 bits per heavy atom. The van der Waals surface area contributed by atoms with Crippen LogP contribution in [0.4, 0.5) is 15.9 Å². The smallest absolute Gasteiger partial charge is 0.177 e. The Morgan fingerprint density at radius 2 is 2.03 bits per heavy atom. The first-order valence-electron chi connectivity index (χ1n) is 11.3. The molecule has 0 amide bonds. The number of hydrogen-bond donors (Lipinski definition) is 2. The maximum Gasteiger partial charge on any atom is 0.177 e. The van der Waals surface area contributed by atoms with Gasteiger partial charge in [0.1, 0.15) is 11.3 Å². The van der Waals surface area contributed by atoms with Crippen LogP contribution in [0.2, 0.25) is 0 Å². The molecule has 10 heteroatoms. The van der Waals surface area contributed by atoms with Gasteiger partial charge in [0.2, 0.25) is 0 Å². The quantitative estimate of drug-likeness (QED) is 0.397. The third-order valence-corrected chi connectivity index (χ3v) is 7.13. The SMILES string of the molecule is Cc1cc(-c2cnc3c(NCc4nc5c(F)cccc5[nH]4)cc(N4CCN(C)CC4)nn23)cs1. The van der Waals surface area contributed by atoms with Gasteiger partial charge in [-0.1, -0.05) is 6.07 Å². The summed E-state index contributed by atoms with van der Waals surface area (Å²) in [6, 6.07) is 9.15. The molecule has 174 valence electrons. The number of rotatable bonds is 5. The number of likely N-dealkylation sites (N-methyl/N-ethyl adjacent to an activating group) is 1. The molecule has 4 aromatic heterocycles. The van der Waals surface area contributed by atoms with Gasteiger partial charge in [0, 0.05) is 48.1 Å². The maximum atomic E-state index is 14.1. The number of aryl methyl sites for hydroxylation is 1. The molecule has 2 N–H and O–H groups in total. The lowest BCUT2D eigenvalue weighted by Crippen LogP contribution is -2.45. The Kier molecular flexibility index (Phi) is 5.19. The molecule has 0 spiro atoms. The molecule has 5 aromatic rings. The van der Waals surface area contributed by atoms with Gasteiger partial charge in [-0.3, -0.25) is 0 Å². The summed E-state index contributed by atoms with van der Waals surface area (Å²) >= 11 is 1.72. The molecule has 34 heavy (non-hydrogen) atoms. The highest BCUT2D eigenvalue weighted by Gasteiger charge is 2.20. The van der Waals surface area contributed by atoms with E-state index in [-0.39, 0.29) is 5.82 Å². The fraction of sp³-hybridized carbons (Fsp3) is 0.292. The van der Waals surface area contributed by atoms with E-state index in [0.717, 1.165) is 54.6 Å². The van der Waals surface area contributed by atoms with Crippen LogP contribution >= 0.6 is 11.3 Å². The average molecular weight is 477 g/mol. The van der Waals surface area contributed by atoms with E-state index in [1.807, 2.05) is 16.8 Å². The lowest BCUT2D eigenvalue weighted by molar-refractivity contribution is 0.311. The van der Waals surface area contributed by atoms with Crippen LogP contribution in [0.25, 0.3) is 27.9 Å². The first-order chi connectivity index (χ1) is 16.5. The molecule has 0 bridgehead atoms. The van der Waals surface area contributed by atoms with Gasteiger partial charge in [0.05, 0.1) is 29.6 Å². The van der Waals surface area contributed by atoms with E-state index in [1.54, 1.807) is 17.4 Å². The second kappa shape index (κ2) is 8.37. The zero-order valence-electron chi connectivity index (χ0n) is 19.0. The molecule has 0 unspecified atom stereocenters. The molecule has 0 atom stereocenters. The van der Waals surface area contributed by atoms with E-state index >= 15 is 0 Å². The molecule has 8 nitrogen and oxygen atoms in total. The number of halogens is 1. The van der Waals surface area contributed by atoms with E-state index in [2.05, 4.69) is 56.6 Å². The lowest BCUT2D eigenvalue weighted by Gasteiger charge is -2.33. The number of nitrogens with one attached hydrogen (secondary N) is 2. The fourth-order valence-electron chi connectivity index (χ4n) is 4.36. The number of benzene rings is 1. The normalized spacial score (nSPS) is 15.0. The Bertz CT molecular complexity index is 1480. The molecule has 1 fully saturated rings. The Hall–Kier alpha value is -3.50. The third-order valence-electron chi connectivity index (χ3n) is 6.27. The topological polar surface area (TPSA) is 77.4 Å². The molecule has 1 saturated heterocycles. The van der Waals surface area contributed by atoms with Gasteiger partial charge in [-0.05, 0) is 32.2 Å². The van der Waals surface area contributed by atoms with Crippen molar-refractivity contribution in [1.82, 2.24) is 29.5 Å². The van der Waals surface area contributed by atoms with Crippen molar-refractivity contribution >= 4 is 39.5 Å². The van der Waals surface area contributed by atoms with Crippen LogP contribution in [0.5, 0.6) is 0 Å². The van der Waals surface area contributed by atoms with Crippen LogP contribution in [0.3, 0.4) is 0 Å². The van der Waals surface area contributed by atoms with E-state index in [9.17, 15) is 4.39 Å². The van der Waals surface area contributed by atoms with Crippen molar-refractivity contribution in [3.05, 3.63) is 58.4 Å². The van der Waals surface area contributed by atoms with Gasteiger partial charge in [-0.25, -0.2) is 18.9 Å². The molecule has 1 aliphatic rings. The number of para-hydroxylation sites is 1. The number of H-pyrrole nitrogens is 1. The highest BCUT2D eigenvalue weighted by Crippen LogP contribution is 2.30. The van der Waals surface area contributed by atoms with Crippen molar-refractivity contribution in [2.24, 2.45) is 0 Å². The molecular weight excluding hydrogens is 451 g/mol. The number of aromatic nitrogens is 5.